The maximum absolute atomic E-state index is 12.4. The fourth-order valence-electron chi connectivity index (χ4n) is 3.61. The van der Waals surface area contributed by atoms with Crippen molar-refractivity contribution >= 4 is 29.3 Å². The number of aromatic nitrogens is 2. The molecule has 2 aliphatic heterocycles. The van der Waals surface area contributed by atoms with Gasteiger partial charge in [-0.2, -0.15) is 11.8 Å². The Bertz CT molecular complexity index is 782. The van der Waals surface area contributed by atoms with Crippen molar-refractivity contribution in [2.75, 3.05) is 47.5 Å². The summed E-state index contributed by atoms with van der Waals surface area (Å²) in [5, 5.41) is 3.13. The summed E-state index contributed by atoms with van der Waals surface area (Å²) in [6.07, 6.45) is 5.03. The molecule has 4 rings (SSSR count). The number of carbonyl (C=O) groups is 1. The number of furan rings is 1. The zero-order valence-electron chi connectivity index (χ0n) is 15.6. The predicted molar refractivity (Wildman–Crippen MR) is 108 cm³/mol. The summed E-state index contributed by atoms with van der Waals surface area (Å²) in [7, 11) is 0. The number of nitrogens with zero attached hydrogens (tertiary/aromatic N) is 4. The second-order valence-corrected chi connectivity index (χ2v) is 8.18. The highest BCUT2D eigenvalue weighted by Crippen LogP contribution is 2.23. The summed E-state index contributed by atoms with van der Waals surface area (Å²) in [5.41, 5.74) is 0.623. The first-order chi connectivity index (χ1) is 13.2. The lowest BCUT2D eigenvalue weighted by Gasteiger charge is -2.34. The van der Waals surface area contributed by atoms with Gasteiger partial charge in [-0.05, 0) is 25.8 Å². The van der Waals surface area contributed by atoms with Crippen LogP contribution in [0.15, 0.2) is 29.1 Å². The number of thioether (sulfide) groups is 1. The molecule has 0 bridgehead atoms. The fraction of sp³-hybridized carbons (Fsp3) is 0.526. The minimum Gasteiger partial charge on any atom is -0.469 e. The van der Waals surface area contributed by atoms with Crippen LogP contribution in [0.4, 0.5) is 11.6 Å². The van der Waals surface area contributed by atoms with Gasteiger partial charge in [0.25, 0.3) is 5.91 Å². The number of rotatable bonds is 4. The molecule has 0 aromatic carbocycles. The van der Waals surface area contributed by atoms with Crippen molar-refractivity contribution < 1.29 is 9.21 Å². The Morgan fingerprint density at radius 3 is 2.44 bits per heavy atom. The summed E-state index contributed by atoms with van der Waals surface area (Å²) in [6.45, 7) is 5.65. The van der Waals surface area contributed by atoms with Crippen LogP contribution >= 0.6 is 11.8 Å². The molecule has 0 spiro atoms. The molecule has 0 saturated carbocycles. The maximum atomic E-state index is 12.4. The number of hydrogen-bond acceptors (Lipinski definition) is 7. The molecule has 7 nitrogen and oxygen atoms in total. The molecule has 2 fully saturated rings. The lowest BCUT2D eigenvalue weighted by atomic mass is 10.0. The Hall–Kier alpha value is -2.22. The zero-order chi connectivity index (χ0) is 18.6. The number of aryl methyl sites for hydroxylation is 1. The zero-order valence-corrected chi connectivity index (χ0v) is 16.4. The first-order valence-corrected chi connectivity index (χ1v) is 10.6. The van der Waals surface area contributed by atoms with Gasteiger partial charge in [0.05, 0.1) is 11.8 Å². The van der Waals surface area contributed by atoms with Gasteiger partial charge in [-0.25, -0.2) is 9.97 Å². The molecule has 0 radical (unpaired) electrons. The minimum absolute atomic E-state index is 0.0491. The van der Waals surface area contributed by atoms with E-state index in [1.54, 1.807) is 18.7 Å². The van der Waals surface area contributed by atoms with Crippen molar-refractivity contribution in [1.29, 1.82) is 0 Å². The van der Waals surface area contributed by atoms with Gasteiger partial charge in [-0.15, -0.1) is 0 Å². The topological polar surface area (TPSA) is 74.5 Å². The Labute approximate surface area is 163 Å². The van der Waals surface area contributed by atoms with E-state index in [9.17, 15) is 4.79 Å². The number of anilines is 2. The number of hydrogen-bond donors (Lipinski definition) is 1. The van der Waals surface area contributed by atoms with E-state index in [-0.39, 0.29) is 11.9 Å². The van der Waals surface area contributed by atoms with Gasteiger partial charge >= 0.3 is 0 Å². The lowest BCUT2D eigenvalue weighted by molar-refractivity contribution is 0.0929. The summed E-state index contributed by atoms with van der Waals surface area (Å²) in [4.78, 5) is 25.9. The molecule has 0 atom stereocenters. The molecule has 0 unspecified atom stereocenters. The summed E-state index contributed by atoms with van der Waals surface area (Å²) >= 11 is 1.99. The maximum Gasteiger partial charge on any atom is 0.255 e. The largest absolute Gasteiger partial charge is 0.469 e. The summed E-state index contributed by atoms with van der Waals surface area (Å²) in [6, 6.07) is 4.01. The Kier molecular flexibility index (Phi) is 5.52. The number of amides is 1. The van der Waals surface area contributed by atoms with Crippen LogP contribution in [0.3, 0.4) is 0 Å². The standard InChI is InChI=1S/C19H25N5O2S/c1-14-16(4-9-26-14)19(25)22-15-2-5-23(6-3-15)17-12-18(21-13-20-17)24-7-10-27-11-8-24/h4,9,12-13,15H,2-3,5-8,10-11H2,1H3,(H,22,25). The van der Waals surface area contributed by atoms with Crippen LogP contribution in [0, 0.1) is 6.92 Å². The van der Waals surface area contributed by atoms with E-state index < -0.39 is 0 Å². The summed E-state index contributed by atoms with van der Waals surface area (Å²) < 4.78 is 5.22. The van der Waals surface area contributed by atoms with Gasteiger partial charge in [0.15, 0.2) is 0 Å². The van der Waals surface area contributed by atoms with Crippen LogP contribution in [-0.2, 0) is 0 Å². The number of piperidine rings is 1. The molecular formula is C19H25N5O2S. The van der Waals surface area contributed by atoms with Gasteiger partial charge in [0.1, 0.15) is 23.7 Å². The van der Waals surface area contributed by atoms with E-state index in [0.29, 0.717) is 11.3 Å². The Morgan fingerprint density at radius 2 is 1.81 bits per heavy atom. The van der Waals surface area contributed by atoms with E-state index >= 15 is 0 Å². The second-order valence-electron chi connectivity index (χ2n) is 6.96. The van der Waals surface area contributed by atoms with E-state index in [1.807, 2.05) is 18.7 Å². The molecule has 27 heavy (non-hydrogen) atoms. The molecule has 2 aromatic heterocycles. The van der Waals surface area contributed by atoms with E-state index in [4.69, 9.17) is 4.42 Å². The first kappa shape index (κ1) is 18.2. The van der Waals surface area contributed by atoms with Crippen molar-refractivity contribution in [2.24, 2.45) is 0 Å². The van der Waals surface area contributed by atoms with Gasteiger partial charge < -0.3 is 19.5 Å². The lowest BCUT2D eigenvalue weighted by Crippen LogP contribution is -2.45. The quantitative estimate of drug-likeness (QED) is 0.863. The third-order valence-electron chi connectivity index (χ3n) is 5.23. The molecule has 4 heterocycles. The highest BCUT2D eigenvalue weighted by Gasteiger charge is 2.24. The first-order valence-electron chi connectivity index (χ1n) is 9.45. The molecule has 0 aliphatic carbocycles. The van der Waals surface area contributed by atoms with Crippen LogP contribution in [0.25, 0.3) is 0 Å². The van der Waals surface area contributed by atoms with Crippen molar-refractivity contribution in [3.05, 3.63) is 36.0 Å². The molecule has 2 aliphatic rings. The van der Waals surface area contributed by atoms with Crippen molar-refractivity contribution in [3.63, 3.8) is 0 Å². The molecule has 1 amide bonds. The number of carbonyl (C=O) groups excluding carboxylic acids is 1. The number of nitrogens with one attached hydrogen (secondary N) is 1. The predicted octanol–water partition coefficient (Wildman–Crippen LogP) is 2.33. The van der Waals surface area contributed by atoms with Crippen molar-refractivity contribution in [1.82, 2.24) is 15.3 Å². The van der Waals surface area contributed by atoms with Gasteiger partial charge in [-0.3, -0.25) is 4.79 Å². The highest BCUT2D eigenvalue weighted by molar-refractivity contribution is 7.99. The Morgan fingerprint density at radius 1 is 1.15 bits per heavy atom. The van der Waals surface area contributed by atoms with E-state index in [0.717, 1.165) is 62.2 Å². The molecule has 144 valence electrons. The SMILES string of the molecule is Cc1occc1C(=O)NC1CCN(c2cc(N3CCSCC3)ncn2)CC1. The smallest absolute Gasteiger partial charge is 0.255 e. The highest BCUT2D eigenvalue weighted by atomic mass is 32.2. The second kappa shape index (κ2) is 8.21. The Balaban J connectivity index is 1.34. The minimum atomic E-state index is -0.0491. The summed E-state index contributed by atoms with van der Waals surface area (Å²) in [5.74, 6) is 4.92. The molecule has 8 heteroatoms. The molecular weight excluding hydrogens is 362 g/mol. The van der Waals surface area contributed by atoms with Gasteiger partial charge in [0.2, 0.25) is 0 Å². The average molecular weight is 388 g/mol. The van der Waals surface area contributed by atoms with E-state index in [2.05, 4.69) is 31.2 Å². The van der Waals surface area contributed by atoms with Crippen LogP contribution in [0.2, 0.25) is 0 Å². The molecule has 2 aromatic rings. The van der Waals surface area contributed by atoms with Crippen LogP contribution in [-0.4, -0.2) is 59.6 Å². The third-order valence-corrected chi connectivity index (χ3v) is 6.17. The average Bonchev–Trinajstić information content (AvgIpc) is 3.15. The fourth-order valence-corrected chi connectivity index (χ4v) is 4.52. The van der Waals surface area contributed by atoms with Crippen LogP contribution in [0.5, 0.6) is 0 Å². The van der Waals surface area contributed by atoms with Crippen LogP contribution < -0.4 is 15.1 Å². The monoisotopic (exact) mass is 387 g/mol. The third kappa shape index (κ3) is 4.21. The van der Waals surface area contributed by atoms with Gasteiger partial charge in [-0.1, -0.05) is 0 Å². The van der Waals surface area contributed by atoms with Crippen molar-refractivity contribution in [3.8, 4) is 0 Å². The van der Waals surface area contributed by atoms with E-state index in [1.165, 1.54) is 0 Å². The normalized spacial score (nSPS) is 18.6. The molecule has 1 N–H and O–H groups in total. The van der Waals surface area contributed by atoms with Gasteiger partial charge in [0, 0.05) is 49.8 Å². The van der Waals surface area contributed by atoms with Crippen molar-refractivity contribution in [2.45, 2.75) is 25.8 Å². The van der Waals surface area contributed by atoms with Crippen LogP contribution in [0.1, 0.15) is 29.0 Å². The molecule has 2 saturated heterocycles.